The molecule has 2 rings (SSSR count). The quantitative estimate of drug-likeness (QED) is 0.511. The minimum absolute atomic E-state index is 0.0639. The first kappa shape index (κ1) is 21.7. The summed E-state index contributed by atoms with van der Waals surface area (Å²) in [6.07, 6.45) is 8.59. The van der Waals surface area contributed by atoms with Crippen LogP contribution < -0.4 is 16.0 Å². The standard InChI is InChI=1S/C21H36N4O2/c1-14(27-21-19(8-7-9-24-21)20(26)13-22-4)10-17-11-18(12-17)25(6)16(3)15(2)23-5/h7-9,14-15,17-18,21-24H,3,10-13H2,1-2,4-6H3/t14-,15?,17?,18?,21?/m0/s1. The van der Waals surface area contributed by atoms with Gasteiger partial charge in [-0.05, 0) is 71.5 Å². The Bertz CT molecular complexity index is 581. The largest absolute Gasteiger partial charge is 0.374 e. The number of Topliss-reactive ketones (excluding diaryl/α,β-unsaturated/α-hetero) is 1. The monoisotopic (exact) mass is 376 g/mol. The van der Waals surface area contributed by atoms with Crippen LogP contribution >= 0.6 is 0 Å². The predicted molar refractivity (Wildman–Crippen MR) is 110 cm³/mol. The van der Waals surface area contributed by atoms with Gasteiger partial charge in [0.25, 0.3) is 0 Å². The van der Waals surface area contributed by atoms with E-state index in [0.717, 1.165) is 12.1 Å². The van der Waals surface area contributed by atoms with Gasteiger partial charge in [0, 0.05) is 30.4 Å². The number of rotatable bonds is 11. The van der Waals surface area contributed by atoms with E-state index in [-0.39, 0.29) is 18.1 Å². The molecule has 6 heteroatoms. The summed E-state index contributed by atoms with van der Waals surface area (Å²) in [5.41, 5.74) is 1.82. The van der Waals surface area contributed by atoms with E-state index in [0.29, 0.717) is 30.1 Å². The van der Waals surface area contributed by atoms with Crippen LogP contribution in [0.1, 0.15) is 33.1 Å². The molecule has 1 fully saturated rings. The normalized spacial score (nSPS) is 26.4. The number of ketones is 1. The van der Waals surface area contributed by atoms with Crippen LogP contribution in [0.5, 0.6) is 0 Å². The highest BCUT2D eigenvalue weighted by molar-refractivity contribution is 5.98. The summed E-state index contributed by atoms with van der Waals surface area (Å²) < 4.78 is 6.16. The van der Waals surface area contributed by atoms with E-state index in [1.165, 1.54) is 12.8 Å². The van der Waals surface area contributed by atoms with Gasteiger partial charge in [0.1, 0.15) is 0 Å². The van der Waals surface area contributed by atoms with E-state index in [1.54, 1.807) is 7.05 Å². The summed E-state index contributed by atoms with van der Waals surface area (Å²) in [6, 6.07) is 0.857. The van der Waals surface area contributed by atoms with Crippen LogP contribution in [0.15, 0.2) is 36.2 Å². The molecule has 1 aliphatic carbocycles. The lowest BCUT2D eigenvalue weighted by Crippen LogP contribution is -2.46. The first-order valence-electron chi connectivity index (χ1n) is 9.92. The molecule has 0 saturated heterocycles. The lowest BCUT2D eigenvalue weighted by atomic mass is 9.76. The minimum atomic E-state index is -0.361. The van der Waals surface area contributed by atoms with Crippen LogP contribution in [-0.2, 0) is 9.53 Å². The number of hydrogen-bond donors (Lipinski definition) is 3. The summed E-state index contributed by atoms with van der Waals surface area (Å²) in [6.45, 7) is 8.77. The van der Waals surface area contributed by atoms with Gasteiger partial charge in [0.15, 0.2) is 12.0 Å². The molecule has 3 N–H and O–H groups in total. The number of ether oxygens (including phenoxy) is 1. The maximum atomic E-state index is 12.2. The average molecular weight is 377 g/mol. The third-order valence-corrected chi connectivity index (χ3v) is 5.74. The van der Waals surface area contributed by atoms with Crippen molar-refractivity contribution < 1.29 is 9.53 Å². The van der Waals surface area contributed by atoms with Crippen LogP contribution in [0.3, 0.4) is 0 Å². The van der Waals surface area contributed by atoms with Gasteiger partial charge in [-0.25, -0.2) is 0 Å². The maximum absolute atomic E-state index is 12.2. The zero-order valence-electron chi connectivity index (χ0n) is 17.4. The van der Waals surface area contributed by atoms with Crippen molar-refractivity contribution in [3.05, 3.63) is 36.2 Å². The van der Waals surface area contributed by atoms with Crippen LogP contribution in [0.4, 0.5) is 0 Å². The van der Waals surface area contributed by atoms with Gasteiger partial charge < -0.3 is 25.6 Å². The van der Waals surface area contributed by atoms with Gasteiger partial charge in [-0.3, -0.25) is 4.79 Å². The zero-order valence-corrected chi connectivity index (χ0v) is 17.4. The molecule has 0 aromatic heterocycles. The van der Waals surface area contributed by atoms with Crippen molar-refractivity contribution in [2.45, 2.75) is 57.5 Å². The molecular weight excluding hydrogens is 340 g/mol. The Morgan fingerprint density at radius 3 is 2.74 bits per heavy atom. The summed E-state index contributed by atoms with van der Waals surface area (Å²) in [5, 5.41) is 9.32. The van der Waals surface area contributed by atoms with Crippen LogP contribution in [-0.4, -0.2) is 62.8 Å². The number of carbonyl (C=O) groups is 1. The number of allylic oxidation sites excluding steroid dienone is 2. The Balaban J connectivity index is 1.78. The molecule has 152 valence electrons. The van der Waals surface area contributed by atoms with Crippen LogP contribution in [0, 0.1) is 5.92 Å². The van der Waals surface area contributed by atoms with Gasteiger partial charge in [-0.1, -0.05) is 6.58 Å². The lowest BCUT2D eigenvalue weighted by Gasteiger charge is -2.45. The van der Waals surface area contributed by atoms with Gasteiger partial charge in [-0.2, -0.15) is 0 Å². The van der Waals surface area contributed by atoms with Gasteiger partial charge in [-0.15, -0.1) is 0 Å². The van der Waals surface area contributed by atoms with Crippen LogP contribution in [0.2, 0.25) is 0 Å². The third kappa shape index (κ3) is 5.67. The van der Waals surface area contributed by atoms with Crippen molar-refractivity contribution in [2.75, 3.05) is 27.7 Å². The van der Waals surface area contributed by atoms with E-state index in [9.17, 15) is 4.79 Å². The molecule has 6 nitrogen and oxygen atoms in total. The molecule has 0 aromatic rings. The molecule has 0 aromatic carbocycles. The smallest absolute Gasteiger partial charge is 0.177 e. The average Bonchev–Trinajstić information content (AvgIpc) is 2.63. The lowest BCUT2D eigenvalue weighted by molar-refractivity contribution is -0.117. The van der Waals surface area contributed by atoms with Gasteiger partial charge >= 0.3 is 0 Å². The fourth-order valence-electron chi connectivity index (χ4n) is 3.76. The fourth-order valence-corrected chi connectivity index (χ4v) is 3.76. The number of nitrogens with one attached hydrogen (secondary N) is 3. The first-order valence-corrected chi connectivity index (χ1v) is 9.92. The highest BCUT2D eigenvalue weighted by atomic mass is 16.5. The predicted octanol–water partition coefficient (Wildman–Crippen LogP) is 1.77. The molecule has 0 bridgehead atoms. The first-order chi connectivity index (χ1) is 12.9. The molecule has 2 unspecified atom stereocenters. The van der Waals surface area contributed by atoms with Crippen molar-refractivity contribution in [3.8, 4) is 0 Å². The summed E-state index contributed by atoms with van der Waals surface area (Å²) >= 11 is 0. The van der Waals surface area contributed by atoms with Crippen molar-refractivity contribution >= 4 is 5.78 Å². The minimum Gasteiger partial charge on any atom is -0.374 e. The highest BCUT2D eigenvalue weighted by Gasteiger charge is 2.35. The molecule has 0 amide bonds. The Kier molecular flexibility index (Phi) is 8.07. The second-order valence-corrected chi connectivity index (χ2v) is 7.77. The van der Waals surface area contributed by atoms with Crippen molar-refractivity contribution in [1.82, 2.24) is 20.9 Å². The Labute approximate surface area is 164 Å². The van der Waals surface area contributed by atoms with E-state index in [2.05, 4.69) is 48.3 Å². The zero-order chi connectivity index (χ0) is 20.0. The second-order valence-electron chi connectivity index (χ2n) is 7.77. The number of nitrogens with zero attached hydrogens (tertiary/aromatic N) is 1. The third-order valence-electron chi connectivity index (χ3n) is 5.74. The van der Waals surface area contributed by atoms with Gasteiger partial charge in [0.2, 0.25) is 0 Å². The molecule has 27 heavy (non-hydrogen) atoms. The van der Waals surface area contributed by atoms with Crippen LogP contribution in [0.25, 0.3) is 0 Å². The molecule has 3 atom stereocenters. The SMILES string of the molecule is C=C(C(C)NC)N(C)C1CC(C[C@H](C)OC2NC=CC=C2C(=O)CNC)C1. The second kappa shape index (κ2) is 10.1. The molecule has 1 heterocycles. The topological polar surface area (TPSA) is 65.6 Å². The Hall–Kier alpha value is -1.63. The number of hydrogen-bond acceptors (Lipinski definition) is 6. The van der Waals surface area contributed by atoms with Crippen molar-refractivity contribution in [1.29, 1.82) is 0 Å². The van der Waals surface area contributed by atoms with E-state index in [4.69, 9.17) is 4.74 Å². The number of dihydropyridines is 1. The molecule has 1 saturated carbocycles. The molecular formula is C21H36N4O2. The van der Waals surface area contributed by atoms with Crippen molar-refractivity contribution in [2.24, 2.45) is 5.92 Å². The Morgan fingerprint density at radius 2 is 2.11 bits per heavy atom. The summed E-state index contributed by atoms with van der Waals surface area (Å²) in [7, 11) is 5.88. The summed E-state index contributed by atoms with van der Waals surface area (Å²) in [5.74, 6) is 0.721. The summed E-state index contributed by atoms with van der Waals surface area (Å²) in [4.78, 5) is 14.6. The van der Waals surface area contributed by atoms with Gasteiger partial charge in [0.05, 0.1) is 12.6 Å². The number of likely N-dealkylation sites (N-methyl/N-ethyl adjacent to an activating group) is 3. The molecule has 1 aliphatic heterocycles. The Morgan fingerprint density at radius 1 is 1.41 bits per heavy atom. The van der Waals surface area contributed by atoms with Crippen molar-refractivity contribution in [3.63, 3.8) is 0 Å². The van der Waals surface area contributed by atoms with E-state index < -0.39 is 0 Å². The number of carbonyl (C=O) groups excluding carboxylic acids is 1. The van der Waals surface area contributed by atoms with E-state index in [1.807, 2.05) is 25.4 Å². The fraction of sp³-hybridized carbons (Fsp3) is 0.667. The highest BCUT2D eigenvalue weighted by Crippen LogP contribution is 2.36. The van der Waals surface area contributed by atoms with E-state index >= 15 is 0 Å². The maximum Gasteiger partial charge on any atom is 0.177 e. The molecule has 0 spiro atoms. The molecule has 0 radical (unpaired) electrons. The molecule has 2 aliphatic rings.